The minimum absolute atomic E-state index is 0.00638. The fourth-order valence-electron chi connectivity index (χ4n) is 4.48. The predicted octanol–water partition coefficient (Wildman–Crippen LogP) is 6.28. The van der Waals surface area contributed by atoms with Gasteiger partial charge in [0.15, 0.2) is 23.1 Å². The van der Waals surface area contributed by atoms with E-state index in [2.05, 4.69) is 0 Å². The molecule has 0 bridgehead atoms. The summed E-state index contributed by atoms with van der Waals surface area (Å²) in [5.41, 5.74) is -1.90. The Kier molecular flexibility index (Phi) is 8.57. The zero-order valence-electron chi connectivity index (χ0n) is 22.9. The number of hydrogen-bond donors (Lipinski definition) is 2. The third kappa shape index (κ3) is 6.07. The number of ether oxygens (including phenoxy) is 2. The van der Waals surface area contributed by atoms with E-state index < -0.39 is 69.9 Å². The van der Waals surface area contributed by atoms with Gasteiger partial charge in [-0.25, -0.2) is 14.0 Å². The fraction of sp³-hybridized carbons (Fsp3) is 0.0286. The number of benzene rings is 5. The molecule has 0 aliphatic rings. The highest BCUT2D eigenvalue weighted by molar-refractivity contribution is 6.24. The Morgan fingerprint density at radius 1 is 0.568 bits per heavy atom. The molecule has 5 aromatic rings. The number of hydrogen-bond acceptors (Lipinski definition) is 8. The van der Waals surface area contributed by atoms with Gasteiger partial charge in [0, 0.05) is 11.1 Å². The lowest BCUT2D eigenvalue weighted by molar-refractivity contribution is 0.0464. The second-order valence-electron chi connectivity index (χ2n) is 9.50. The van der Waals surface area contributed by atoms with E-state index in [9.17, 15) is 33.8 Å². The van der Waals surface area contributed by atoms with Crippen molar-refractivity contribution < 1.29 is 43.3 Å². The molecule has 5 aromatic carbocycles. The molecule has 0 heterocycles. The smallest absolute Gasteiger partial charge is 0.343 e. The Morgan fingerprint density at radius 2 is 1.09 bits per heavy atom. The lowest BCUT2D eigenvalue weighted by atomic mass is 9.88. The number of phenolic OH excluding ortho intramolecular Hbond substituents is 2. The zero-order valence-corrected chi connectivity index (χ0v) is 22.9. The van der Waals surface area contributed by atoms with Gasteiger partial charge in [-0.3, -0.25) is 9.59 Å². The summed E-state index contributed by atoms with van der Waals surface area (Å²) in [5, 5.41) is 22.4. The summed E-state index contributed by atoms with van der Waals surface area (Å²) in [5.74, 6) is -7.82. The van der Waals surface area contributed by atoms with Crippen LogP contribution in [0.25, 0.3) is 0 Å². The maximum absolute atomic E-state index is 14.1. The number of esters is 2. The highest BCUT2D eigenvalue weighted by Crippen LogP contribution is 2.46. The molecular weight excluding hydrogens is 567 g/mol. The standard InChI is InChI=1S/C35H23FO8/c36-25-18-10-11-21(19-25)20-43-35(42)26-27(29(37)22-12-4-1-5-13-22)31(39)32(40)33(44-34(41)24-16-8-3-9-17-24)28(26)30(38)23-14-6-2-7-15-23/h1-19,39-40H,20H2. The van der Waals surface area contributed by atoms with Crippen LogP contribution >= 0.6 is 0 Å². The largest absolute Gasteiger partial charge is 0.504 e. The fourth-order valence-corrected chi connectivity index (χ4v) is 4.48. The van der Waals surface area contributed by atoms with Gasteiger partial charge in [-0.05, 0) is 29.8 Å². The lowest BCUT2D eigenvalue weighted by Gasteiger charge is -2.20. The molecule has 5 rings (SSSR count). The molecule has 0 aromatic heterocycles. The first-order valence-electron chi connectivity index (χ1n) is 13.3. The van der Waals surface area contributed by atoms with Gasteiger partial charge in [-0.15, -0.1) is 0 Å². The summed E-state index contributed by atoms with van der Waals surface area (Å²) in [6.45, 7) is -0.477. The third-order valence-corrected chi connectivity index (χ3v) is 6.60. The Bertz CT molecular complexity index is 1870. The van der Waals surface area contributed by atoms with Crippen molar-refractivity contribution in [2.75, 3.05) is 0 Å². The minimum atomic E-state index is -1.28. The predicted molar refractivity (Wildman–Crippen MR) is 156 cm³/mol. The molecule has 8 nitrogen and oxygen atoms in total. The molecule has 0 radical (unpaired) electrons. The highest BCUT2D eigenvalue weighted by atomic mass is 19.1. The molecule has 9 heteroatoms. The van der Waals surface area contributed by atoms with Crippen molar-refractivity contribution in [3.8, 4) is 17.2 Å². The molecule has 0 saturated heterocycles. The first kappa shape index (κ1) is 29.4. The van der Waals surface area contributed by atoms with Crippen molar-refractivity contribution in [3.63, 3.8) is 0 Å². The van der Waals surface area contributed by atoms with Gasteiger partial charge in [0.05, 0.1) is 22.3 Å². The summed E-state index contributed by atoms with van der Waals surface area (Å²) in [6.07, 6.45) is 0. The van der Waals surface area contributed by atoms with E-state index in [0.29, 0.717) is 0 Å². The average molecular weight is 591 g/mol. The molecule has 0 atom stereocenters. The van der Waals surface area contributed by atoms with Gasteiger partial charge in [0.25, 0.3) is 0 Å². The molecule has 0 fully saturated rings. The molecule has 0 saturated carbocycles. The number of rotatable bonds is 9. The van der Waals surface area contributed by atoms with Crippen molar-refractivity contribution in [2.24, 2.45) is 0 Å². The van der Waals surface area contributed by atoms with E-state index in [1.165, 1.54) is 66.7 Å². The van der Waals surface area contributed by atoms with Gasteiger partial charge >= 0.3 is 11.9 Å². The van der Waals surface area contributed by atoms with Crippen molar-refractivity contribution in [2.45, 2.75) is 6.61 Å². The number of phenols is 2. The Labute approximate surface area is 250 Å². The summed E-state index contributed by atoms with van der Waals surface area (Å²) < 4.78 is 24.7. The lowest BCUT2D eigenvalue weighted by Crippen LogP contribution is -2.21. The van der Waals surface area contributed by atoms with Crippen LogP contribution in [0.5, 0.6) is 17.2 Å². The van der Waals surface area contributed by atoms with Crippen molar-refractivity contribution in [3.05, 3.63) is 160 Å². The molecule has 0 spiro atoms. The Balaban J connectivity index is 1.75. The normalized spacial score (nSPS) is 10.6. The first-order valence-corrected chi connectivity index (χ1v) is 13.3. The van der Waals surface area contributed by atoms with E-state index in [0.717, 1.165) is 6.07 Å². The molecule has 44 heavy (non-hydrogen) atoms. The van der Waals surface area contributed by atoms with E-state index in [1.807, 2.05) is 0 Å². The second kappa shape index (κ2) is 12.8. The molecule has 0 amide bonds. The van der Waals surface area contributed by atoms with E-state index in [-0.39, 0.29) is 22.3 Å². The number of ketones is 2. The molecule has 0 aliphatic carbocycles. The van der Waals surface area contributed by atoms with Crippen LogP contribution in [-0.2, 0) is 11.3 Å². The van der Waals surface area contributed by atoms with Crippen LogP contribution in [0.1, 0.15) is 58.1 Å². The van der Waals surface area contributed by atoms with Gasteiger partial charge in [0.1, 0.15) is 12.4 Å². The van der Waals surface area contributed by atoms with E-state index in [4.69, 9.17) is 9.47 Å². The van der Waals surface area contributed by atoms with E-state index in [1.54, 1.807) is 42.5 Å². The third-order valence-electron chi connectivity index (χ3n) is 6.60. The number of carbonyl (C=O) groups is 4. The van der Waals surface area contributed by atoms with Crippen LogP contribution in [0.3, 0.4) is 0 Å². The van der Waals surface area contributed by atoms with Crippen molar-refractivity contribution >= 4 is 23.5 Å². The van der Waals surface area contributed by atoms with Crippen LogP contribution in [-0.4, -0.2) is 33.7 Å². The van der Waals surface area contributed by atoms with Crippen LogP contribution < -0.4 is 4.74 Å². The van der Waals surface area contributed by atoms with Crippen molar-refractivity contribution in [1.82, 2.24) is 0 Å². The van der Waals surface area contributed by atoms with Crippen LogP contribution in [0.2, 0.25) is 0 Å². The van der Waals surface area contributed by atoms with Gasteiger partial charge in [-0.2, -0.15) is 0 Å². The molecule has 2 N–H and O–H groups in total. The average Bonchev–Trinajstić information content (AvgIpc) is 3.06. The van der Waals surface area contributed by atoms with Gasteiger partial charge in [-0.1, -0.05) is 91.0 Å². The first-order chi connectivity index (χ1) is 21.3. The topological polar surface area (TPSA) is 127 Å². The second-order valence-corrected chi connectivity index (χ2v) is 9.50. The maximum Gasteiger partial charge on any atom is 0.343 e. The molecule has 0 aliphatic heterocycles. The van der Waals surface area contributed by atoms with Crippen molar-refractivity contribution in [1.29, 1.82) is 0 Å². The van der Waals surface area contributed by atoms with Crippen LogP contribution in [0.4, 0.5) is 4.39 Å². The van der Waals surface area contributed by atoms with Crippen LogP contribution in [0, 0.1) is 5.82 Å². The summed E-state index contributed by atoms with van der Waals surface area (Å²) >= 11 is 0. The summed E-state index contributed by atoms with van der Waals surface area (Å²) in [6, 6.07) is 27.9. The van der Waals surface area contributed by atoms with Crippen LogP contribution in [0.15, 0.2) is 115 Å². The molecule has 218 valence electrons. The Hall–Kier alpha value is -6.09. The monoisotopic (exact) mass is 590 g/mol. The molecular formula is C35H23FO8. The maximum atomic E-state index is 14.1. The van der Waals surface area contributed by atoms with E-state index >= 15 is 0 Å². The number of carbonyl (C=O) groups excluding carboxylic acids is 4. The number of aromatic hydroxyl groups is 2. The summed E-state index contributed by atoms with van der Waals surface area (Å²) in [7, 11) is 0. The Morgan fingerprint density at radius 3 is 1.64 bits per heavy atom. The summed E-state index contributed by atoms with van der Waals surface area (Å²) in [4.78, 5) is 54.8. The van der Waals surface area contributed by atoms with Gasteiger partial charge < -0.3 is 19.7 Å². The molecule has 0 unspecified atom stereocenters. The quantitative estimate of drug-likeness (QED) is 0.0890. The number of halogens is 1. The zero-order chi connectivity index (χ0) is 31.2. The van der Waals surface area contributed by atoms with Gasteiger partial charge in [0.2, 0.25) is 5.75 Å². The minimum Gasteiger partial charge on any atom is -0.504 e. The highest BCUT2D eigenvalue weighted by Gasteiger charge is 2.37. The SMILES string of the molecule is O=C(Oc1c(O)c(O)c(C(=O)c2ccccc2)c(C(=O)OCc2cccc(F)c2)c1C(=O)c1ccccc1)c1ccccc1.